The van der Waals surface area contributed by atoms with Gasteiger partial charge in [0.15, 0.2) is 17.3 Å². The molecule has 0 saturated heterocycles. The monoisotopic (exact) mass is 290 g/mol. The number of thiophene rings is 1. The zero-order chi connectivity index (χ0) is 14.4. The Hall–Kier alpha value is -1.81. The van der Waals surface area contributed by atoms with Crippen LogP contribution < -0.4 is 9.47 Å². The second-order valence-electron chi connectivity index (χ2n) is 4.43. The second kappa shape index (κ2) is 7.10. The largest absolute Gasteiger partial charge is 0.493 e. The molecule has 0 aliphatic rings. The van der Waals surface area contributed by atoms with Crippen LogP contribution in [0.4, 0.5) is 0 Å². The van der Waals surface area contributed by atoms with Crippen molar-refractivity contribution in [2.45, 2.75) is 19.3 Å². The maximum absolute atomic E-state index is 12.1. The molecule has 1 aromatic heterocycles. The number of ether oxygens (including phenoxy) is 2. The Balaban J connectivity index is 1.95. The molecule has 0 unspecified atom stereocenters. The van der Waals surface area contributed by atoms with Crippen LogP contribution in [0.3, 0.4) is 0 Å². The second-order valence-corrected chi connectivity index (χ2v) is 5.46. The van der Waals surface area contributed by atoms with E-state index in [2.05, 4.69) is 11.4 Å². The van der Waals surface area contributed by atoms with Crippen molar-refractivity contribution in [2.24, 2.45) is 0 Å². The highest BCUT2D eigenvalue weighted by Gasteiger charge is 2.10. The van der Waals surface area contributed by atoms with E-state index >= 15 is 0 Å². The molecule has 2 aromatic rings. The number of hydrogen-bond donors (Lipinski definition) is 0. The third-order valence-corrected chi connectivity index (χ3v) is 4.05. The quantitative estimate of drug-likeness (QED) is 0.724. The molecule has 0 amide bonds. The summed E-state index contributed by atoms with van der Waals surface area (Å²) in [6.07, 6.45) is 2.37. The van der Waals surface area contributed by atoms with Crippen LogP contribution in [0.1, 0.15) is 28.1 Å². The number of Topliss-reactive ketones (excluding diaryl/α,β-unsaturated/α-hetero) is 1. The topological polar surface area (TPSA) is 35.5 Å². The third kappa shape index (κ3) is 3.61. The summed E-state index contributed by atoms with van der Waals surface area (Å²) in [6.45, 7) is 0. The van der Waals surface area contributed by atoms with Crippen molar-refractivity contribution in [3.05, 3.63) is 46.2 Å². The zero-order valence-electron chi connectivity index (χ0n) is 11.7. The zero-order valence-corrected chi connectivity index (χ0v) is 12.5. The van der Waals surface area contributed by atoms with E-state index in [9.17, 15) is 4.79 Å². The van der Waals surface area contributed by atoms with Crippen molar-refractivity contribution < 1.29 is 14.3 Å². The molecule has 20 heavy (non-hydrogen) atoms. The Labute approximate surface area is 123 Å². The smallest absolute Gasteiger partial charge is 0.163 e. The van der Waals surface area contributed by atoms with Crippen LogP contribution in [0.15, 0.2) is 35.7 Å². The van der Waals surface area contributed by atoms with Crippen molar-refractivity contribution in [2.75, 3.05) is 14.2 Å². The van der Waals surface area contributed by atoms with Gasteiger partial charge in [-0.25, -0.2) is 0 Å². The molecular weight excluding hydrogens is 272 g/mol. The Morgan fingerprint density at radius 3 is 2.60 bits per heavy atom. The lowest BCUT2D eigenvalue weighted by Crippen LogP contribution is -2.01. The minimum atomic E-state index is 0.141. The van der Waals surface area contributed by atoms with E-state index in [1.807, 2.05) is 6.07 Å². The number of aryl methyl sites for hydroxylation is 1. The minimum absolute atomic E-state index is 0.141. The van der Waals surface area contributed by atoms with Crippen LogP contribution in [0.2, 0.25) is 0 Å². The van der Waals surface area contributed by atoms with Crippen molar-refractivity contribution in [1.29, 1.82) is 0 Å². The van der Waals surface area contributed by atoms with Crippen molar-refractivity contribution in [3.8, 4) is 11.5 Å². The van der Waals surface area contributed by atoms with Gasteiger partial charge in [-0.1, -0.05) is 6.07 Å². The van der Waals surface area contributed by atoms with Crippen molar-refractivity contribution >= 4 is 17.1 Å². The fourth-order valence-electron chi connectivity index (χ4n) is 2.03. The Kier molecular flexibility index (Phi) is 5.18. The lowest BCUT2D eigenvalue weighted by atomic mass is 10.0. The number of rotatable bonds is 7. The molecular formula is C16H18O3S. The van der Waals surface area contributed by atoms with Gasteiger partial charge in [0, 0.05) is 16.9 Å². The molecule has 2 rings (SSSR count). The summed E-state index contributed by atoms with van der Waals surface area (Å²) in [7, 11) is 3.16. The summed E-state index contributed by atoms with van der Waals surface area (Å²) in [5.74, 6) is 1.38. The lowest BCUT2D eigenvalue weighted by Gasteiger charge is -2.09. The molecule has 3 nitrogen and oxygen atoms in total. The van der Waals surface area contributed by atoms with Crippen LogP contribution in [-0.2, 0) is 6.42 Å². The minimum Gasteiger partial charge on any atom is -0.493 e. The van der Waals surface area contributed by atoms with Gasteiger partial charge in [-0.05, 0) is 42.5 Å². The lowest BCUT2D eigenvalue weighted by molar-refractivity contribution is 0.0980. The van der Waals surface area contributed by atoms with E-state index < -0.39 is 0 Å². The van der Waals surface area contributed by atoms with E-state index in [0.29, 0.717) is 23.5 Å². The standard InChI is InChI=1S/C16H18O3S/c1-18-15-9-8-12(11-16(15)19-2)14(17)7-3-5-13-6-4-10-20-13/h4,6,8-11H,3,5,7H2,1-2H3. The average Bonchev–Trinajstić information content (AvgIpc) is 2.99. The van der Waals surface area contributed by atoms with Gasteiger partial charge in [-0.3, -0.25) is 4.79 Å². The molecule has 0 spiro atoms. The van der Waals surface area contributed by atoms with E-state index in [-0.39, 0.29) is 5.78 Å². The molecule has 0 fully saturated rings. The van der Waals surface area contributed by atoms with E-state index in [1.165, 1.54) is 4.88 Å². The van der Waals surface area contributed by atoms with Gasteiger partial charge >= 0.3 is 0 Å². The Morgan fingerprint density at radius 1 is 1.15 bits per heavy atom. The Bertz CT molecular complexity index is 561. The summed E-state index contributed by atoms with van der Waals surface area (Å²) < 4.78 is 10.4. The summed E-state index contributed by atoms with van der Waals surface area (Å²) in [6, 6.07) is 9.44. The maximum atomic E-state index is 12.1. The summed E-state index contributed by atoms with van der Waals surface area (Å²) in [5.41, 5.74) is 0.675. The number of hydrogen-bond acceptors (Lipinski definition) is 4. The van der Waals surface area contributed by atoms with E-state index in [0.717, 1.165) is 12.8 Å². The van der Waals surface area contributed by atoms with Gasteiger partial charge in [0.25, 0.3) is 0 Å². The number of benzene rings is 1. The average molecular weight is 290 g/mol. The first kappa shape index (κ1) is 14.6. The molecule has 0 radical (unpaired) electrons. The van der Waals surface area contributed by atoms with Gasteiger partial charge in [0.1, 0.15) is 0 Å². The summed E-state index contributed by atoms with van der Waals surface area (Å²) in [4.78, 5) is 13.5. The summed E-state index contributed by atoms with van der Waals surface area (Å²) >= 11 is 1.73. The van der Waals surface area contributed by atoms with Crippen molar-refractivity contribution in [3.63, 3.8) is 0 Å². The highest BCUT2D eigenvalue weighted by Crippen LogP contribution is 2.28. The summed E-state index contributed by atoms with van der Waals surface area (Å²) in [5, 5.41) is 2.06. The number of carbonyl (C=O) groups is 1. The third-order valence-electron chi connectivity index (χ3n) is 3.11. The van der Waals surface area contributed by atoms with Gasteiger partial charge in [-0.15, -0.1) is 11.3 Å². The first-order valence-electron chi connectivity index (χ1n) is 6.52. The van der Waals surface area contributed by atoms with Crippen LogP contribution in [0.25, 0.3) is 0 Å². The fraction of sp³-hybridized carbons (Fsp3) is 0.312. The fourth-order valence-corrected chi connectivity index (χ4v) is 2.78. The molecule has 0 atom stereocenters. The van der Waals surface area contributed by atoms with Gasteiger partial charge in [0.2, 0.25) is 0 Å². The molecule has 0 N–H and O–H groups in total. The predicted molar refractivity (Wildman–Crippen MR) is 81.1 cm³/mol. The van der Waals surface area contributed by atoms with E-state index in [4.69, 9.17) is 9.47 Å². The SMILES string of the molecule is COc1ccc(C(=O)CCCc2cccs2)cc1OC. The first-order chi connectivity index (χ1) is 9.74. The highest BCUT2D eigenvalue weighted by atomic mass is 32.1. The number of ketones is 1. The van der Waals surface area contributed by atoms with Crippen molar-refractivity contribution in [1.82, 2.24) is 0 Å². The van der Waals surface area contributed by atoms with Gasteiger partial charge < -0.3 is 9.47 Å². The van der Waals surface area contributed by atoms with Crippen LogP contribution in [0, 0.1) is 0 Å². The molecule has 0 aliphatic carbocycles. The van der Waals surface area contributed by atoms with Gasteiger partial charge in [0.05, 0.1) is 14.2 Å². The predicted octanol–water partition coefficient (Wildman–Crippen LogP) is 3.97. The maximum Gasteiger partial charge on any atom is 0.163 e. The molecule has 0 bridgehead atoms. The molecule has 1 aromatic carbocycles. The normalized spacial score (nSPS) is 10.3. The van der Waals surface area contributed by atoms with Crippen LogP contribution in [-0.4, -0.2) is 20.0 Å². The Morgan fingerprint density at radius 2 is 1.95 bits per heavy atom. The van der Waals surface area contributed by atoms with Crippen LogP contribution in [0.5, 0.6) is 11.5 Å². The number of carbonyl (C=O) groups excluding carboxylic acids is 1. The molecule has 4 heteroatoms. The van der Waals surface area contributed by atoms with Gasteiger partial charge in [-0.2, -0.15) is 0 Å². The molecule has 0 aliphatic heterocycles. The number of methoxy groups -OCH3 is 2. The van der Waals surface area contributed by atoms with E-state index in [1.54, 1.807) is 43.8 Å². The first-order valence-corrected chi connectivity index (χ1v) is 7.40. The molecule has 1 heterocycles. The molecule has 106 valence electrons. The highest BCUT2D eigenvalue weighted by molar-refractivity contribution is 7.09. The molecule has 0 saturated carbocycles. The van der Waals surface area contributed by atoms with Crippen LogP contribution >= 0.6 is 11.3 Å².